The summed E-state index contributed by atoms with van der Waals surface area (Å²) in [6.45, 7) is 4.82. The zero-order valence-electron chi connectivity index (χ0n) is 16.9. The summed E-state index contributed by atoms with van der Waals surface area (Å²) in [4.78, 5) is 0. The van der Waals surface area contributed by atoms with Gasteiger partial charge in [-0.3, -0.25) is 8.97 Å². The second-order valence-corrected chi connectivity index (χ2v) is 8.28. The normalized spacial score (nSPS) is 11.4. The Labute approximate surface area is 179 Å². The molecule has 0 aliphatic carbocycles. The molecule has 0 saturated carbocycles. The van der Waals surface area contributed by atoms with E-state index in [-0.39, 0.29) is 0 Å². The van der Waals surface area contributed by atoms with Gasteiger partial charge in [-0.2, -0.15) is 0 Å². The Balaban J connectivity index is 1.41. The molecule has 2 aromatic heterocycles. The number of hydrogen-bond acceptors (Lipinski definition) is 4. The van der Waals surface area contributed by atoms with E-state index in [9.17, 15) is 0 Å². The Bertz CT molecular complexity index is 1320. The molecule has 0 aliphatic heterocycles. The number of thioether (sulfide) groups is 1. The lowest BCUT2D eigenvalue weighted by Crippen LogP contribution is -2.01. The van der Waals surface area contributed by atoms with E-state index >= 15 is 0 Å². The Kier molecular flexibility index (Phi) is 4.93. The third kappa shape index (κ3) is 3.33. The highest BCUT2D eigenvalue weighted by Crippen LogP contribution is 2.28. The molecule has 5 nitrogen and oxygen atoms in total. The molecule has 2 heterocycles. The van der Waals surface area contributed by atoms with Crippen molar-refractivity contribution in [2.75, 3.05) is 12.4 Å². The van der Waals surface area contributed by atoms with Gasteiger partial charge in [0.05, 0.1) is 17.6 Å². The van der Waals surface area contributed by atoms with Crippen LogP contribution in [0.15, 0.2) is 78.0 Å². The molecule has 3 aromatic carbocycles. The SMILES string of the molecule is Cc1ccc(OCCSc2nnc3n(-c4ccccc4)c4ccccc4n23)cc1C. The molecule has 0 spiro atoms. The fraction of sp³-hybridized carbons (Fsp3) is 0.167. The van der Waals surface area contributed by atoms with Crippen LogP contribution in [0.2, 0.25) is 0 Å². The molecule has 0 atom stereocenters. The van der Waals surface area contributed by atoms with Gasteiger partial charge in [0.25, 0.3) is 0 Å². The number of rotatable bonds is 6. The lowest BCUT2D eigenvalue weighted by atomic mass is 10.1. The number of aryl methyl sites for hydroxylation is 2. The van der Waals surface area contributed by atoms with Crippen molar-refractivity contribution in [3.8, 4) is 11.4 Å². The second-order valence-electron chi connectivity index (χ2n) is 7.22. The molecule has 0 fully saturated rings. The molecule has 0 radical (unpaired) electrons. The monoisotopic (exact) mass is 414 g/mol. The minimum atomic E-state index is 0.611. The highest BCUT2D eigenvalue weighted by molar-refractivity contribution is 7.99. The van der Waals surface area contributed by atoms with E-state index in [2.05, 4.69) is 75.5 Å². The number of fused-ring (bicyclic) bond motifs is 3. The fourth-order valence-electron chi connectivity index (χ4n) is 3.59. The lowest BCUT2D eigenvalue weighted by molar-refractivity contribution is 0.343. The first-order valence-electron chi connectivity index (χ1n) is 9.95. The second kappa shape index (κ2) is 7.88. The van der Waals surface area contributed by atoms with E-state index in [4.69, 9.17) is 4.74 Å². The quantitative estimate of drug-likeness (QED) is 0.273. The number of benzene rings is 3. The van der Waals surface area contributed by atoms with Gasteiger partial charge in [-0.1, -0.05) is 48.2 Å². The van der Waals surface area contributed by atoms with Crippen LogP contribution in [0.1, 0.15) is 11.1 Å². The first-order valence-corrected chi connectivity index (χ1v) is 10.9. The summed E-state index contributed by atoms with van der Waals surface area (Å²) in [7, 11) is 0. The number of para-hydroxylation sites is 3. The average molecular weight is 415 g/mol. The zero-order valence-corrected chi connectivity index (χ0v) is 17.8. The molecule has 0 bridgehead atoms. The van der Waals surface area contributed by atoms with Crippen molar-refractivity contribution >= 4 is 28.6 Å². The highest BCUT2D eigenvalue weighted by atomic mass is 32.2. The molecule has 5 aromatic rings. The van der Waals surface area contributed by atoms with E-state index in [1.165, 1.54) is 11.1 Å². The highest BCUT2D eigenvalue weighted by Gasteiger charge is 2.17. The van der Waals surface area contributed by atoms with E-state index in [0.717, 1.165) is 39.2 Å². The Hall–Kier alpha value is -3.25. The minimum Gasteiger partial charge on any atom is -0.493 e. The molecule has 30 heavy (non-hydrogen) atoms. The van der Waals surface area contributed by atoms with Crippen molar-refractivity contribution in [1.29, 1.82) is 0 Å². The van der Waals surface area contributed by atoms with Gasteiger partial charge in [0.15, 0.2) is 5.16 Å². The van der Waals surface area contributed by atoms with Crippen LogP contribution in [0.3, 0.4) is 0 Å². The lowest BCUT2D eigenvalue weighted by Gasteiger charge is -2.07. The number of nitrogens with zero attached hydrogens (tertiary/aromatic N) is 4. The first kappa shape index (κ1) is 18.8. The predicted molar refractivity (Wildman–Crippen MR) is 122 cm³/mol. The summed E-state index contributed by atoms with van der Waals surface area (Å²) >= 11 is 1.66. The summed E-state index contributed by atoms with van der Waals surface area (Å²) in [6, 6.07) is 24.8. The summed E-state index contributed by atoms with van der Waals surface area (Å²) in [5.74, 6) is 2.52. The van der Waals surface area contributed by atoms with Crippen LogP contribution >= 0.6 is 11.8 Å². The number of hydrogen-bond donors (Lipinski definition) is 0. The van der Waals surface area contributed by atoms with Crippen LogP contribution in [0.4, 0.5) is 0 Å². The molecule has 0 aliphatic rings. The van der Waals surface area contributed by atoms with Gasteiger partial charge >= 0.3 is 0 Å². The van der Waals surface area contributed by atoms with E-state index in [1.807, 2.05) is 30.3 Å². The van der Waals surface area contributed by atoms with Crippen molar-refractivity contribution < 1.29 is 4.74 Å². The van der Waals surface area contributed by atoms with Crippen molar-refractivity contribution in [3.63, 3.8) is 0 Å². The Morgan fingerprint density at radius 1 is 0.833 bits per heavy atom. The molecule has 5 rings (SSSR count). The van der Waals surface area contributed by atoms with Crippen LogP contribution in [-0.2, 0) is 0 Å². The van der Waals surface area contributed by atoms with Gasteiger partial charge in [0, 0.05) is 11.4 Å². The molecule has 0 N–H and O–H groups in total. The number of ether oxygens (including phenoxy) is 1. The van der Waals surface area contributed by atoms with Crippen molar-refractivity contribution in [1.82, 2.24) is 19.2 Å². The molecule has 150 valence electrons. The summed E-state index contributed by atoms with van der Waals surface area (Å²) in [6.07, 6.45) is 0. The van der Waals surface area contributed by atoms with Crippen molar-refractivity contribution in [2.24, 2.45) is 0 Å². The van der Waals surface area contributed by atoms with Gasteiger partial charge in [0.2, 0.25) is 5.78 Å². The third-order valence-electron chi connectivity index (χ3n) is 5.26. The summed E-state index contributed by atoms with van der Waals surface area (Å²) < 4.78 is 10.2. The average Bonchev–Trinajstić information content (AvgIpc) is 3.32. The molecular formula is C24H22N4OS. The molecule has 6 heteroatoms. The van der Waals surface area contributed by atoms with Crippen LogP contribution in [-0.4, -0.2) is 31.5 Å². The Morgan fingerprint density at radius 2 is 1.60 bits per heavy atom. The maximum absolute atomic E-state index is 5.93. The van der Waals surface area contributed by atoms with Gasteiger partial charge in [-0.25, -0.2) is 0 Å². The van der Waals surface area contributed by atoms with Crippen LogP contribution in [0, 0.1) is 13.8 Å². The zero-order chi connectivity index (χ0) is 20.5. The molecular weight excluding hydrogens is 392 g/mol. The maximum Gasteiger partial charge on any atom is 0.241 e. The van der Waals surface area contributed by atoms with Crippen LogP contribution in [0.5, 0.6) is 5.75 Å². The van der Waals surface area contributed by atoms with Crippen LogP contribution < -0.4 is 4.74 Å². The molecule has 0 amide bonds. The van der Waals surface area contributed by atoms with Gasteiger partial charge in [-0.05, 0) is 61.4 Å². The summed E-state index contributed by atoms with van der Waals surface area (Å²) in [5, 5.41) is 9.84. The molecule has 0 saturated heterocycles. The largest absolute Gasteiger partial charge is 0.493 e. The van der Waals surface area contributed by atoms with Crippen molar-refractivity contribution in [2.45, 2.75) is 19.0 Å². The van der Waals surface area contributed by atoms with Gasteiger partial charge in [0.1, 0.15) is 5.75 Å². The van der Waals surface area contributed by atoms with E-state index in [0.29, 0.717) is 6.61 Å². The number of aromatic nitrogens is 4. The van der Waals surface area contributed by atoms with E-state index in [1.54, 1.807) is 11.8 Å². The van der Waals surface area contributed by atoms with E-state index < -0.39 is 0 Å². The standard InChI is InChI=1S/C24H22N4OS/c1-17-12-13-20(16-18(17)2)29-14-15-30-24-26-25-23-27(19-8-4-3-5-9-19)21-10-6-7-11-22(21)28(23)24/h3-13,16H,14-15H2,1-2H3. The third-order valence-corrected chi connectivity index (χ3v) is 6.15. The fourth-order valence-corrected chi connectivity index (χ4v) is 4.35. The maximum atomic E-state index is 5.93. The van der Waals surface area contributed by atoms with Gasteiger partial charge in [-0.15, -0.1) is 10.2 Å². The molecule has 0 unspecified atom stereocenters. The topological polar surface area (TPSA) is 44.4 Å². The predicted octanol–water partition coefficient (Wildman–Crippen LogP) is 5.46. The summed E-state index contributed by atoms with van der Waals surface area (Å²) in [5.41, 5.74) is 5.80. The Morgan fingerprint density at radius 3 is 2.40 bits per heavy atom. The van der Waals surface area contributed by atoms with Gasteiger partial charge < -0.3 is 4.74 Å². The van der Waals surface area contributed by atoms with Crippen molar-refractivity contribution in [3.05, 3.63) is 83.9 Å². The minimum absolute atomic E-state index is 0.611. The smallest absolute Gasteiger partial charge is 0.241 e. The van der Waals surface area contributed by atoms with Crippen LogP contribution in [0.25, 0.3) is 22.5 Å². The number of imidazole rings is 1. The first-order chi connectivity index (χ1) is 14.7.